The first kappa shape index (κ1) is 19.3. The van der Waals surface area contributed by atoms with Crippen molar-refractivity contribution >= 4 is 11.9 Å². The lowest BCUT2D eigenvalue weighted by Crippen LogP contribution is -2.42. The minimum absolute atomic E-state index is 0.227. The normalized spacial score (nSPS) is 14.7. The molecule has 0 radical (unpaired) electrons. The predicted octanol–water partition coefficient (Wildman–Crippen LogP) is 1.82. The molecule has 1 atom stereocenters. The Morgan fingerprint density at radius 1 is 1.07 bits per heavy atom. The van der Waals surface area contributed by atoms with E-state index >= 15 is 0 Å². The van der Waals surface area contributed by atoms with Gasteiger partial charge in [0.05, 0.1) is 26.3 Å². The van der Waals surface area contributed by atoms with Gasteiger partial charge in [-0.25, -0.2) is 4.79 Å². The molecule has 28 heavy (non-hydrogen) atoms. The van der Waals surface area contributed by atoms with Crippen molar-refractivity contribution in [3.63, 3.8) is 0 Å². The lowest BCUT2D eigenvalue weighted by Gasteiger charge is -2.26. The third-order valence-electron chi connectivity index (χ3n) is 4.02. The fraction of sp³-hybridized carbons (Fsp3) is 0.300. The molecule has 8 nitrogen and oxygen atoms in total. The molecule has 1 amide bonds. The molecule has 2 aromatic rings. The Balaban J connectivity index is 1.46. The summed E-state index contributed by atoms with van der Waals surface area (Å²) in [6.07, 6.45) is -0.322. The quantitative estimate of drug-likeness (QED) is 0.725. The maximum Gasteiger partial charge on any atom is 0.338 e. The summed E-state index contributed by atoms with van der Waals surface area (Å²) in [5, 5.41) is 2.66. The van der Waals surface area contributed by atoms with E-state index in [4.69, 9.17) is 23.7 Å². The zero-order valence-electron chi connectivity index (χ0n) is 15.6. The van der Waals surface area contributed by atoms with E-state index in [0.29, 0.717) is 29.6 Å². The third-order valence-corrected chi connectivity index (χ3v) is 4.02. The molecule has 1 unspecified atom stereocenters. The van der Waals surface area contributed by atoms with E-state index in [9.17, 15) is 9.59 Å². The van der Waals surface area contributed by atoms with Crippen LogP contribution in [0.5, 0.6) is 23.0 Å². The Kier molecular flexibility index (Phi) is 6.21. The monoisotopic (exact) mass is 387 g/mol. The van der Waals surface area contributed by atoms with Gasteiger partial charge in [-0.2, -0.15) is 0 Å². The minimum Gasteiger partial charge on any atom is -0.497 e. The highest BCUT2D eigenvalue weighted by Crippen LogP contribution is 2.30. The molecule has 1 N–H and O–H groups in total. The van der Waals surface area contributed by atoms with Crippen LogP contribution in [0.4, 0.5) is 0 Å². The molecular formula is C20H21NO7. The molecule has 148 valence electrons. The smallest absolute Gasteiger partial charge is 0.338 e. The first-order valence-electron chi connectivity index (χ1n) is 8.64. The second-order valence-electron chi connectivity index (χ2n) is 5.98. The van der Waals surface area contributed by atoms with E-state index in [0.717, 1.165) is 0 Å². The standard InChI is InChI=1S/C20H21NO7/c1-24-14-7-13(8-15(9-14)25-2)20(23)27-12-19(22)21-10-16-11-26-17-5-3-4-6-18(17)28-16/h3-9,16H,10-12H2,1-2H3,(H,21,22). The van der Waals surface area contributed by atoms with E-state index in [2.05, 4.69) is 5.32 Å². The van der Waals surface area contributed by atoms with Crippen LogP contribution in [-0.2, 0) is 9.53 Å². The third kappa shape index (κ3) is 4.85. The lowest BCUT2D eigenvalue weighted by atomic mass is 10.2. The van der Waals surface area contributed by atoms with E-state index in [1.54, 1.807) is 12.1 Å². The van der Waals surface area contributed by atoms with Gasteiger partial charge in [0.25, 0.3) is 5.91 Å². The van der Waals surface area contributed by atoms with Crippen LogP contribution in [-0.4, -0.2) is 52.0 Å². The van der Waals surface area contributed by atoms with Gasteiger partial charge in [0.2, 0.25) is 0 Å². The van der Waals surface area contributed by atoms with Gasteiger partial charge in [0.1, 0.15) is 24.2 Å². The Labute approximate surface area is 162 Å². The molecule has 0 bridgehead atoms. The zero-order valence-corrected chi connectivity index (χ0v) is 15.6. The van der Waals surface area contributed by atoms with Crippen molar-refractivity contribution in [3.8, 4) is 23.0 Å². The van der Waals surface area contributed by atoms with E-state index < -0.39 is 18.5 Å². The number of fused-ring (bicyclic) bond motifs is 1. The van der Waals surface area contributed by atoms with Gasteiger partial charge in [-0.05, 0) is 24.3 Å². The number of carbonyl (C=O) groups is 2. The average Bonchev–Trinajstić information content (AvgIpc) is 2.75. The molecule has 0 aromatic heterocycles. The van der Waals surface area contributed by atoms with Gasteiger partial charge in [0, 0.05) is 6.07 Å². The Bertz CT molecular complexity index is 830. The first-order valence-corrected chi connectivity index (χ1v) is 8.64. The van der Waals surface area contributed by atoms with Gasteiger partial charge >= 0.3 is 5.97 Å². The van der Waals surface area contributed by atoms with Gasteiger partial charge in [-0.3, -0.25) is 4.79 Å². The largest absolute Gasteiger partial charge is 0.497 e. The molecule has 8 heteroatoms. The first-order chi connectivity index (χ1) is 13.6. The molecular weight excluding hydrogens is 366 g/mol. The van der Waals surface area contributed by atoms with Crippen LogP contribution in [0.25, 0.3) is 0 Å². The van der Waals surface area contributed by atoms with Crippen LogP contribution in [0.3, 0.4) is 0 Å². The number of hydrogen-bond donors (Lipinski definition) is 1. The summed E-state index contributed by atoms with van der Waals surface area (Å²) in [7, 11) is 2.96. The fourth-order valence-electron chi connectivity index (χ4n) is 2.58. The molecule has 3 rings (SSSR count). The number of methoxy groups -OCH3 is 2. The number of amides is 1. The summed E-state index contributed by atoms with van der Waals surface area (Å²) in [5.74, 6) is 1.11. The molecule has 0 aliphatic carbocycles. The molecule has 2 aromatic carbocycles. The topological polar surface area (TPSA) is 92.3 Å². The summed E-state index contributed by atoms with van der Waals surface area (Å²) < 4.78 is 26.6. The number of benzene rings is 2. The molecule has 0 fully saturated rings. The van der Waals surface area contributed by atoms with E-state index in [-0.39, 0.29) is 18.2 Å². The highest BCUT2D eigenvalue weighted by Gasteiger charge is 2.21. The van der Waals surface area contributed by atoms with Gasteiger partial charge in [-0.1, -0.05) is 12.1 Å². The second kappa shape index (κ2) is 8.98. The Morgan fingerprint density at radius 3 is 2.43 bits per heavy atom. The molecule has 1 aliphatic heterocycles. The molecule has 1 aliphatic rings. The Hall–Kier alpha value is -3.42. The number of nitrogens with one attached hydrogen (secondary N) is 1. The van der Waals surface area contributed by atoms with Crippen LogP contribution in [0.15, 0.2) is 42.5 Å². The van der Waals surface area contributed by atoms with Gasteiger partial charge in [-0.15, -0.1) is 0 Å². The summed E-state index contributed by atoms with van der Waals surface area (Å²) in [6, 6.07) is 12.0. The molecule has 0 saturated carbocycles. The van der Waals surface area contributed by atoms with Crippen molar-refractivity contribution in [1.29, 1.82) is 0 Å². The molecule has 0 spiro atoms. The van der Waals surface area contributed by atoms with E-state index in [1.807, 2.05) is 18.2 Å². The SMILES string of the molecule is COc1cc(OC)cc(C(=O)OCC(=O)NCC2COc3ccccc3O2)c1. The van der Waals surface area contributed by atoms with Crippen LogP contribution in [0.1, 0.15) is 10.4 Å². The van der Waals surface area contributed by atoms with Crippen molar-refractivity contribution in [2.45, 2.75) is 6.10 Å². The zero-order chi connectivity index (χ0) is 19.9. The van der Waals surface area contributed by atoms with Crippen molar-refractivity contribution in [3.05, 3.63) is 48.0 Å². The molecule has 0 saturated heterocycles. The summed E-state index contributed by atoms with van der Waals surface area (Å²) in [5.41, 5.74) is 0.227. The number of para-hydroxylation sites is 2. The van der Waals surface area contributed by atoms with Gasteiger partial charge in [0.15, 0.2) is 18.1 Å². The molecule has 1 heterocycles. The highest BCUT2D eigenvalue weighted by atomic mass is 16.6. The summed E-state index contributed by atoms with van der Waals surface area (Å²) in [4.78, 5) is 24.1. The summed E-state index contributed by atoms with van der Waals surface area (Å²) in [6.45, 7) is 0.140. The number of esters is 1. The maximum atomic E-state index is 12.2. The van der Waals surface area contributed by atoms with Crippen LogP contribution in [0.2, 0.25) is 0 Å². The van der Waals surface area contributed by atoms with Crippen molar-refractivity contribution in [2.75, 3.05) is 34.0 Å². The summed E-state index contributed by atoms with van der Waals surface area (Å²) >= 11 is 0. The van der Waals surface area contributed by atoms with Crippen molar-refractivity contribution in [1.82, 2.24) is 5.32 Å². The lowest BCUT2D eigenvalue weighted by molar-refractivity contribution is -0.124. The average molecular weight is 387 g/mol. The number of ether oxygens (including phenoxy) is 5. The maximum absolute atomic E-state index is 12.2. The van der Waals surface area contributed by atoms with Crippen LogP contribution >= 0.6 is 0 Å². The van der Waals surface area contributed by atoms with Crippen molar-refractivity contribution in [2.24, 2.45) is 0 Å². The number of rotatable bonds is 7. The Morgan fingerprint density at radius 2 is 1.75 bits per heavy atom. The number of hydrogen-bond acceptors (Lipinski definition) is 7. The predicted molar refractivity (Wildman–Crippen MR) is 99.2 cm³/mol. The number of carbonyl (C=O) groups excluding carboxylic acids is 2. The second-order valence-corrected chi connectivity index (χ2v) is 5.98. The van der Waals surface area contributed by atoms with Crippen LogP contribution in [0, 0.1) is 0 Å². The van der Waals surface area contributed by atoms with E-state index in [1.165, 1.54) is 26.4 Å². The van der Waals surface area contributed by atoms with Gasteiger partial charge < -0.3 is 29.0 Å². The minimum atomic E-state index is -0.654. The van der Waals surface area contributed by atoms with Crippen LogP contribution < -0.4 is 24.3 Å². The van der Waals surface area contributed by atoms with Crippen molar-refractivity contribution < 1.29 is 33.3 Å². The fourth-order valence-corrected chi connectivity index (χ4v) is 2.58. The highest BCUT2D eigenvalue weighted by molar-refractivity contribution is 5.92.